The number of nitrogens with one attached hydrogen (secondary N) is 1. The van der Waals surface area contributed by atoms with Gasteiger partial charge in [0.15, 0.2) is 0 Å². The fraction of sp³-hybridized carbons (Fsp3) is 0. The number of aromatic nitrogens is 2. The second kappa shape index (κ2) is 6.09. The Balaban J connectivity index is 1.74. The highest BCUT2D eigenvalue weighted by molar-refractivity contribution is 9.10. The summed E-state index contributed by atoms with van der Waals surface area (Å²) in [5.41, 5.74) is 3.75. The summed E-state index contributed by atoms with van der Waals surface area (Å²) in [4.78, 5) is 0. The van der Waals surface area contributed by atoms with E-state index in [-0.39, 0.29) is 5.82 Å². The van der Waals surface area contributed by atoms with Crippen molar-refractivity contribution in [3.05, 3.63) is 83.2 Å². The molecule has 0 saturated heterocycles. The molecule has 118 valence electrons. The predicted molar refractivity (Wildman–Crippen MR) is 98.5 cm³/mol. The minimum Gasteiger partial charge on any atom is -0.355 e. The SMILES string of the molecule is Fc1ccc(Nc2cc3cnn(-c4ccccc4)c3cc2Br)cc1. The van der Waals surface area contributed by atoms with Crippen LogP contribution in [0.3, 0.4) is 0 Å². The first kappa shape index (κ1) is 14.9. The van der Waals surface area contributed by atoms with E-state index in [1.54, 1.807) is 12.1 Å². The molecule has 0 amide bonds. The van der Waals surface area contributed by atoms with E-state index in [4.69, 9.17) is 0 Å². The van der Waals surface area contributed by atoms with E-state index in [0.717, 1.165) is 32.4 Å². The van der Waals surface area contributed by atoms with E-state index in [9.17, 15) is 4.39 Å². The average Bonchev–Trinajstić information content (AvgIpc) is 3.00. The second-order valence-electron chi connectivity index (χ2n) is 5.41. The van der Waals surface area contributed by atoms with Crippen LogP contribution in [0.2, 0.25) is 0 Å². The predicted octanol–water partition coefficient (Wildman–Crippen LogP) is 5.67. The zero-order valence-corrected chi connectivity index (χ0v) is 14.2. The molecule has 0 aliphatic rings. The van der Waals surface area contributed by atoms with Gasteiger partial charge in [0.05, 0.1) is 23.1 Å². The summed E-state index contributed by atoms with van der Waals surface area (Å²) in [6.45, 7) is 0. The van der Waals surface area contributed by atoms with Crippen molar-refractivity contribution in [2.45, 2.75) is 0 Å². The monoisotopic (exact) mass is 381 g/mol. The topological polar surface area (TPSA) is 29.9 Å². The molecule has 0 saturated carbocycles. The van der Waals surface area contributed by atoms with Gasteiger partial charge in [-0.1, -0.05) is 18.2 Å². The molecular weight excluding hydrogens is 369 g/mol. The van der Waals surface area contributed by atoms with Crippen molar-refractivity contribution in [2.24, 2.45) is 0 Å². The van der Waals surface area contributed by atoms with Crippen LogP contribution in [0.4, 0.5) is 15.8 Å². The average molecular weight is 382 g/mol. The number of nitrogens with zero attached hydrogens (tertiary/aromatic N) is 2. The first-order valence-electron chi connectivity index (χ1n) is 7.46. The lowest BCUT2D eigenvalue weighted by atomic mass is 10.2. The molecule has 0 radical (unpaired) electrons. The molecule has 0 unspecified atom stereocenters. The number of hydrogen-bond acceptors (Lipinski definition) is 2. The smallest absolute Gasteiger partial charge is 0.123 e. The van der Waals surface area contributed by atoms with Gasteiger partial charge in [-0.15, -0.1) is 0 Å². The Morgan fingerprint density at radius 3 is 2.46 bits per heavy atom. The van der Waals surface area contributed by atoms with Gasteiger partial charge < -0.3 is 5.32 Å². The summed E-state index contributed by atoms with van der Waals surface area (Å²) in [5.74, 6) is -0.251. The van der Waals surface area contributed by atoms with Gasteiger partial charge in [0.1, 0.15) is 5.82 Å². The number of hydrogen-bond donors (Lipinski definition) is 1. The van der Waals surface area contributed by atoms with Gasteiger partial charge in [-0.05, 0) is 64.5 Å². The molecule has 5 heteroatoms. The maximum Gasteiger partial charge on any atom is 0.123 e. The van der Waals surface area contributed by atoms with Gasteiger partial charge in [0, 0.05) is 15.5 Å². The van der Waals surface area contributed by atoms with Crippen LogP contribution in [0.1, 0.15) is 0 Å². The first-order chi connectivity index (χ1) is 11.7. The normalized spacial score (nSPS) is 10.9. The van der Waals surface area contributed by atoms with Gasteiger partial charge in [-0.2, -0.15) is 5.10 Å². The summed E-state index contributed by atoms with van der Waals surface area (Å²) in [7, 11) is 0. The number of halogens is 2. The zero-order chi connectivity index (χ0) is 16.5. The molecule has 0 fully saturated rings. The number of anilines is 2. The number of benzene rings is 3. The molecule has 1 aromatic heterocycles. The Kier molecular flexibility index (Phi) is 3.78. The van der Waals surface area contributed by atoms with Crippen molar-refractivity contribution in [1.29, 1.82) is 0 Å². The van der Waals surface area contributed by atoms with Crippen LogP contribution >= 0.6 is 15.9 Å². The van der Waals surface area contributed by atoms with Crippen LogP contribution in [0.15, 0.2) is 77.4 Å². The lowest BCUT2D eigenvalue weighted by molar-refractivity contribution is 0.628. The van der Waals surface area contributed by atoms with E-state index < -0.39 is 0 Å². The third kappa shape index (κ3) is 2.78. The van der Waals surface area contributed by atoms with Crippen LogP contribution in [0.25, 0.3) is 16.6 Å². The molecule has 4 aromatic rings. The fourth-order valence-electron chi connectivity index (χ4n) is 2.61. The quantitative estimate of drug-likeness (QED) is 0.495. The Labute approximate surface area is 146 Å². The standard InChI is InChI=1S/C19H13BrFN3/c20-17-11-19-13(12-22-24(19)16-4-2-1-3-5-16)10-18(17)23-15-8-6-14(21)7-9-15/h1-12,23H. The number of para-hydroxylation sites is 1. The Morgan fingerprint density at radius 2 is 1.71 bits per heavy atom. The summed E-state index contributed by atoms with van der Waals surface area (Å²) < 4.78 is 15.8. The van der Waals surface area contributed by atoms with Crippen LogP contribution in [-0.4, -0.2) is 9.78 Å². The highest BCUT2D eigenvalue weighted by Crippen LogP contribution is 2.31. The highest BCUT2D eigenvalue weighted by Gasteiger charge is 2.09. The molecule has 0 aliphatic heterocycles. The third-order valence-corrected chi connectivity index (χ3v) is 4.44. The molecule has 24 heavy (non-hydrogen) atoms. The largest absolute Gasteiger partial charge is 0.355 e. The summed E-state index contributed by atoms with van der Waals surface area (Å²) in [5, 5.41) is 8.79. The molecule has 1 N–H and O–H groups in total. The Bertz CT molecular complexity index is 994. The van der Waals surface area contributed by atoms with Crippen LogP contribution in [-0.2, 0) is 0 Å². The molecule has 1 heterocycles. The van der Waals surface area contributed by atoms with Crippen molar-refractivity contribution < 1.29 is 4.39 Å². The molecule has 4 rings (SSSR count). The lowest BCUT2D eigenvalue weighted by Crippen LogP contribution is -1.96. The molecule has 0 atom stereocenters. The first-order valence-corrected chi connectivity index (χ1v) is 8.25. The van der Waals surface area contributed by atoms with Gasteiger partial charge in [-0.3, -0.25) is 0 Å². The van der Waals surface area contributed by atoms with E-state index in [1.807, 2.05) is 53.3 Å². The van der Waals surface area contributed by atoms with E-state index in [1.165, 1.54) is 12.1 Å². The van der Waals surface area contributed by atoms with E-state index >= 15 is 0 Å². The third-order valence-electron chi connectivity index (χ3n) is 3.78. The maximum atomic E-state index is 13.0. The molecule has 3 aromatic carbocycles. The summed E-state index contributed by atoms with van der Waals surface area (Å²) >= 11 is 3.60. The summed E-state index contributed by atoms with van der Waals surface area (Å²) in [6.07, 6.45) is 1.84. The van der Waals surface area contributed by atoms with Crippen molar-refractivity contribution >= 4 is 38.2 Å². The fourth-order valence-corrected chi connectivity index (χ4v) is 3.04. The lowest BCUT2D eigenvalue weighted by Gasteiger charge is -2.10. The maximum absolute atomic E-state index is 13.0. The van der Waals surface area contributed by atoms with E-state index in [0.29, 0.717) is 0 Å². The van der Waals surface area contributed by atoms with Gasteiger partial charge in [-0.25, -0.2) is 9.07 Å². The minimum atomic E-state index is -0.251. The number of rotatable bonds is 3. The number of fused-ring (bicyclic) bond motifs is 1. The van der Waals surface area contributed by atoms with Gasteiger partial charge >= 0.3 is 0 Å². The second-order valence-corrected chi connectivity index (χ2v) is 6.27. The van der Waals surface area contributed by atoms with Crippen molar-refractivity contribution in [3.63, 3.8) is 0 Å². The minimum absolute atomic E-state index is 0.251. The van der Waals surface area contributed by atoms with E-state index in [2.05, 4.69) is 26.3 Å². The molecule has 3 nitrogen and oxygen atoms in total. The Morgan fingerprint density at radius 1 is 0.958 bits per heavy atom. The van der Waals surface area contributed by atoms with Crippen molar-refractivity contribution in [2.75, 3.05) is 5.32 Å². The zero-order valence-electron chi connectivity index (χ0n) is 12.6. The van der Waals surface area contributed by atoms with Crippen LogP contribution in [0, 0.1) is 5.82 Å². The van der Waals surface area contributed by atoms with Crippen molar-refractivity contribution in [1.82, 2.24) is 9.78 Å². The molecule has 0 spiro atoms. The Hall–Kier alpha value is -2.66. The summed E-state index contributed by atoms with van der Waals surface area (Å²) in [6, 6.07) is 20.3. The molecule has 0 aliphatic carbocycles. The molecule has 0 bridgehead atoms. The van der Waals surface area contributed by atoms with Gasteiger partial charge in [0.25, 0.3) is 0 Å². The van der Waals surface area contributed by atoms with Gasteiger partial charge in [0.2, 0.25) is 0 Å². The van der Waals surface area contributed by atoms with Crippen LogP contribution < -0.4 is 5.32 Å². The highest BCUT2D eigenvalue weighted by atomic mass is 79.9. The van der Waals surface area contributed by atoms with Crippen molar-refractivity contribution in [3.8, 4) is 5.69 Å². The molecular formula is C19H13BrFN3. The van der Waals surface area contributed by atoms with Crippen LogP contribution in [0.5, 0.6) is 0 Å².